The van der Waals surface area contributed by atoms with Gasteiger partial charge in [-0.25, -0.2) is 0 Å². The molecule has 0 fully saturated rings. The van der Waals surface area contributed by atoms with Crippen molar-refractivity contribution in [2.75, 3.05) is 13.3 Å². The first kappa shape index (κ1) is 12.4. The highest BCUT2D eigenvalue weighted by Crippen LogP contribution is 2.44. The van der Waals surface area contributed by atoms with Crippen molar-refractivity contribution in [3.63, 3.8) is 0 Å². The number of rotatable bonds is 4. The minimum Gasteiger partial charge on any atom is -0.481 e. The van der Waals surface area contributed by atoms with Crippen LogP contribution in [-0.4, -0.2) is 30.1 Å². The van der Waals surface area contributed by atoms with E-state index >= 15 is 0 Å². The quantitative estimate of drug-likeness (QED) is 0.824. The summed E-state index contributed by atoms with van der Waals surface area (Å²) in [6.07, 6.45) is 0.542. The van der Waals surface area contributed by atoms with E-state index < -0.39 is 17.7 Å². The van der Waals surface area contributed by atoms with Gasteiger partial charge >= 0.3 is 5.97 Å². The van der Waals surface area contributed by atoms with Crippen LogP contribution in [-0.2, 0) is 23.0 Å². The second-order valence-corrected chi connectivity index (χ2v) is 10.3. The number of carboxylic acids is 1. The monoisotopic (exact) mass is 242 g/mol. The Morgan fingerprint density at radius 2 is 1.93 bits per heavy atom. The van der Waals surface area contributed by atoms with Crippen molar-refractivity contribution in [2.45, 2.75) is 12.1 Å². The van der Waals surface area contributed by atoms with Gasteiger partial charge in [-0.3, -0.25) is 4.79 Å². The third-order valence-corrected chi connectivity index (χ3v) is 4.98. The summed E-state index contributed by atoms with van der Waals surface area (Å²) in [5, 5.41) is 9.13. The number of carboxylic acid groups (broad SMARTS) is 1. The maximum absolute atomic E-state index is 11.1. The van der Waals surface area contributed by atoms with E-state index in [4.69, 9.17) is 16.9 Å². The number of hydrogen-bond acceptors (Lipinski definition) is 2. The zero-order valence-corrected chi connectivity index (χ0v) is 10.6. The molecule has 4 heteroatoms. The maximum atomic E-state index is 11.1. The van der Waals surface area contributed by atoms with Gasteiger partial charge in [0.25, 0.3) is 0 Å². The lowest BCUT2D eigenvalue weighted by Crippen LogP contribution is -2.22. The van der Waals surface area contributed by atoms with E-state index in [1.165, 1.54) is 0 Å². The third-order valence-electron chi connectivity index (χ3n) is 2.31. The molecule has 1 atom stereocenters. The van der Waals surface area contributed by atoms with Gasteiger partial charge < -0.3 is 5.11 Å². The van der Waals surface area contributed by atoms with E-state index in [1.807, 2.05) is 43.7 Å². The SMILES string of the molecule is CP(C)(=S)C(Cc1ccccc1)C(=O)O. The van der Waals surface area contributed by atoms with E-state index in [2.05, 4.69) is 0 Å². The van der Waals surface area contributed by atoms with Crippen LogP contribution in [0.5, 0.6) is 0 Å². The molecule has 15 heavy (non-hydrogen) atoms. The van der Waals surface area contributed by atoms with Crippen LogP contribution in [0.4, 0.5) is 0 Å². The van der Waals surface area contributed by atoms with E-state index in [1.54, 1.807) is 0 Å². The van der Waals surface area contributed by atoms with E-state index in [0.29, 0.717) is 6.42 Å². The molecule has 1 N–H and O–H groups in total. The fourth-order valence-electron chi connectivity index (χ4n) is 1.41. The first-order valence-electron chi connectivity index (χ1n) is 4.72. The Balaban J connectivity index is 2.86. The van der Waals surface area contributed by atoms with Crippen molar-refractivity contribution in [3.8, 4) is 0 Å². The Bertz CT molecular complexity index is 383. The highest BCUT2D eigenvalue weighted by Gasteiger charge is 2.26. The highest BCUT2D eigenvalue weighted by molar-refractivity contribution is 8.14. The number of aliphatic carboxylic acids is 1. The lowest BCUT2D eigenvalue weighted by molar-refractivity contribution is -0.136. The van der Waals surface area contributed by atoms with Crippen molar-refractivity contribution in [1.29, 1.82) is 0 Å². The van der Waals surface area contributed by atoms with Gasteiger partial charge in [0.1, 0.15) is 0 Å². The molecule has 1 unspecified atom stereocenters. The smallest absolute Gasteiger partial charge is 0.311 e. The highest BCUT2D eigenvalue weighted by atomic mass is 32.4. The Morgan fingerprint density at radius 3 is 2.33 bits per heavy atom. The van der Waals surface area contributed by atoms with Crippen molar-refractivity contribution in [1.82, 2.24) is 0 Å². The second-order valence-electron chi connectivity index (χ2n) is 3.98. The number of carbonyl (C=O) groups is 1. The van der Waals surface area contributed by atoms with Gasteiger partial charge in [0.2, 0.25) is 0 Å². The zero-order chi connectivity index (χ0) is 11.5. The van der Waals surface area contributed by atoms with Crippen molar-refractivity contribution in [2.24, 2.45) is 0 Å². The minimum atomic E-state index is -1.76. The second kappa shape index (κ2) is 4.91. The summed E-state index contributed by atoms with van der Waals surface area (Å²) < 4.78 is 0. The van der Waals surface area contributed by atoms with Crippen LogP contribution in [0, 0.1) is 0 Å². The molecule has 0 amide bonds. The fourth-order valence-corrected chi connectivity index (χ4v) is 3.09. The summed E-state index contributed by atoms with van der Waals surface area (Å²) in [6.45, 7) is 3.79. The molecule has 0 saturated heterocycles. The Labute approximate surface area is 95.3 Å². The van der Waals surface area contributed by atoms with Gasteiger partial charge in [0.05, 0.1) is 5.66 Å². The maximum Gasteiger partial charge on any atom is 0.311 e. The molecule has 2 nitrogen and oxygen atoms in total. The molecule has 0 bridgehead atoms. The van der Waals surface area contributed by atoms with Gasteiger partial charge in [-0.1, -0.05) is 42.1 Å². The molecule has 1 aromatic rings. The molecule has 1 aromatic carbocycles. The van der Waals surface area contributed by atoms with Crippen LogP contribution >= 0.6 is 6.04 Å². The molecular weight excluding hydrogens is 227 g/mol. The molecule has 0 saturated carbocycles. The zero-order valence-electron chi connectivity index (χ0n) is 8.88. The molecule has 1 rings (SSSR count). The molecule has 0 aromatic heterocycles. The lowest BCUT2D eigenvalue weighted by Gasteiger charge is -2.20. The largest absolute Gasteiger partial charge is 0.481 e. The Kier molecular flexibility index (Phi) is 4.06. The summed E-state index contributed by atoms with van der Waals surface area (Å²) in [7, 11) is 0. The summed E-state index contributed by atoms with van der Waals surface area (Å²) in [5.41, 5.74) is 0.637. The minimum absolute atomic E-state index is 0.408. The Hall–Kier alpha value is -0.660. The predicted molar refractivity (Wildman–Crippen MR) is 67.7 cm³/mol. The van der Waals surface area contributed by atoms with Gasteiger partial charge in [-0.2, -0.15) is 0 Å². The summed E-state index contributed by atoms with van der Waals surface area (Å²) in [6, 6.07) is 7.89. The first-order chi connectivity index (χ1) is 6.91. The van der Waals surface area contributed by atoms with Crippen LogP contribution in [0.1, 0.15) is 5.56 Å². The van der Waals surface area contributed by atoms with Crippen LogP contribution in [0.15, 0.2) is 30.3 Å². The van der Waals surface area contributed by atoms with Crippen molar-refractivity contribution < 1.29 is 9.90 Å². The van der Waals surface area contributed by atoms with Crippen LogP contribution in [0.2, 0.25) is 0 Å². The van der Waals surface area contributed by atoms with E-state index in [-0.39, 0.29) is 0 Å². The van der Waals surface area contributed by atoms with Crippen LogP contribution in [0.3, 0.4) is 0 Å². The van der Waals surface area contributed by atoms with Crippen LogP contribution in [0.25, 0.3) is 0 Å². The number of benzene rings is 1. The molecule has 0 aliphatic heterocycles. The topological polar surface area (TPSA) is 37.3 Å². The molecule has 82 valence electrons. The third kappa shape index (κ3) is 3.77. The lowest BCUT2D eigenvalue weighted by atomic mass is 10.1. The summed E-state index contributed by atoms with van der Waals surface area (Å²) >= 11 is 5.31. The molecular formula is C11H15O2PS. The molecule has 0 spiro atoms. The van der Waals surface area contributed by atoms with E-state index in [0.717, 1.165) is 5.56 Å². The van der Waals surface area contributed by atoms with Gasteiger partial charge in [0, 0.05) is 0 Å². The molecule has 0 aliphatic rings. The van der Waals surface area contributed by atoms with Crippen molar-refractivity contribution >= 4 is 23.8 Å². The number of hydrogen-bond donors (Lipinski definition) is 1. The van der Waals surface area contributed by atoms with E-state index in [9.17, 15) is 4.79 Å². The summed E-state index contributed by atoms with van der Waals surface area (Å²) in [5.74, 6) is -0.771. The Morgan fingerprint density at radius 1 is 1.40 bits per heavy atom. The van der Waals surface area contributed by atoms with Crippen LogP contribution < -0.4 is 0 Å². The van der Waals surface area contributed by atoms with Gasteiger partial charge in [-0.05, 0) is 31.4 Å². The first-order valence-corrected chi connectivity index (χ1v) is 8.49. The average molecular weight is 242 g/mol. The predicted octanol–water partition coefficient (Wildman–Crippen LogP) is 2.42. The molecule has 0 heterocycles. The average Bonchev–Trinajstić information content (AvgIpc) is 2.13. The normalized spacial score (nSPS) is 13.5. The molecule has 0 aliphatic carbocycles. The van der Waals surface area contributed by atoms with Gasteiger partial charge in [0.15, 0.2) is 0 Å². The summed E-state index contributed by atoms with van der Waals surface area (Å²) in [4.78, 5) is 11.1. The molecule has 0 radical (unpaired) electrons. The fraction of sp³-hybridized carbons (Fsp3) is 0.364. The standard InChI is InChI=1S/C11H15O2PS/c1-14(2,15)10(11(12)13)8-9-6-4-3-5-7-9/h3-7,10H,8H2,1-2H3,(H,12,13). The van der Waals surface area contributed by atoms with Gasteiger partial charge in [-0.15, -0.1) is 0 Å². The van der Waals surface area contributed by atoms with Crippen molar-refractivity contribution in [3.05, 3.63) is 35.9 Å².